The summed E-state index contributed by atoms with van der Waals surface area (Å²) >= 11 is 7.74. The number of anilines is 1. The quantitative estimate of drug-likeness (QED) is 0.616. The Morgan fingerprint density at radius 3 is 2.96 bits per heavy atom. The molecule has 0 N–H and O–H groups in total. The first kappa shape index (κ1) is 17.5. The van der Waals surface area contributed by atoms with E-state index in [1.807, 2.05) is 34.7 Å². The highest BCUT2D eigenvalue weighted by molar-refractivity contribution is 7.22. The number of aromatic nitrogens is 3. The topological polar surface area (TPSA) is 51.0 Å². The minimum Gasteiger partial charge on any atom is -0.337 e. The van der Waals surface area contributed by atoms with Crippen LogP contribution in [0.4, 0.5) is 5.13 Å². The number of carbonyl (C=O) groups is 1. The Balaban J connectivity index is 1.59. The molecule has 2 aromatic heterocycles. The van der Waals surface area contributed by atoms with Gasteiger partial charge >= 0.3 is 0 Å². The molecule has 2 heterocycles. The molecular formula is C19H21ClN4OS. The van der Waals surface area contributed by atoms with Crippen molar-refractivity contribution < 1.29 is 4.79 Å². The van der Waals surface area contributed by atoms with Crippen molar-refractivity contribution in [2.75, 3.05) is 11.4 Å². The molecule has 0 bridgehead atoms. The molecule has 1 aliphatic carbocycles. The van der Waals surface area contributed by atoms with Gasteiger partial charge in [0, 0.05) is 36.4 Å². The summed E-state index contributed by atoms with van der Waals surface area (Å²) in [5.41, 5.74) is 1.99. The van der Waals surface area contributed by atoms with Crippen molar-refractivity contribution in [2.24, 2.45) is 5.92 Å². The number of fused-ring (bicyclic) bond motifs is 1. The summed E-state index contributed by atoms with van der Waals surface area (Å²) in [7, 11) is 0. The van der Waals surface area contributed by atoms with Crippen LogP contribution in [-0.4, -0.2) is 27.0 Å². The average molecular weight is 389 g/mol. The fourth-order valence-electron chi connectivity index (χ4n) is 3.26. The van der Waals surface area contributed by atoms with Crippen LogP contribution in [0.2, 0.25) is 5.02 Å². The highest BCUT2D eigenvalue weighted by Gasteiger charge is 2.31. The molecule has 0 saturated heterocycles. The van der Waals surface area contributed by atoms with E-state index < -0.39 is 0 Å². The third-order valence-corrected chi connectivity index (χ3v) is 6.19. The summed E-state index contributed by atoms with van der Waals surface area (Å²) in [5, 5.41) is 1.50. The molecule has 0 aliphatic heterocycles. The maximum atomic E-state index is 13.0. The number of aryl methyl sites for hydroxylation is 2. The largest absolute Gasteiger partial charge is 0.337 e. The number of nitrogens with zero attached hydrogens (tertiary/aromatic N) is 4. The van der Waals surface area contributed by atoms with E-state index in [-0.39, 0.29) is 11.8 Å². The Morgan fingerprint density at radius 1 is 1.42 bits per heavy atom. The highest BCUT2D eigenvalue weighted by Crippen LogP contribution is 2.36. The summed E-state index contributed by atoms with van der Waals surface area (Å²) in [6, 6.07) is 3.85. The van der Waals surface area contributed by atoms with Gasteiger partial charge < -0.3 is 4.57 Å². The van der Waals surface area contributed by atoms with Gasteiger partial charge in [-0.05, 0) is 43.9 Å². The molecule has 1 amide bonds. The molecule has 3 aromatic rings. The number of hydrogen-bond donors (Lipinski definition) is 0. The van der Waals surface area contributed by atoms with Crippen molar-refractivity contribution in [3.63, 3.8) is 0 Å². The maximum absolute atomic E-state index is 13.0. The van der Waals surface area contributed by atoms with Crippen molar-refractivity contribution in [3.8, 4) is 0 Å². The van der Waals surface area contributed by atoms with Crippen LogP contribution in [0.1, 0.15) is 31.2 Å². The first-order valence-corrected chi connectivity index (χ1v) is 10.1. The number of imidazole rings is 1. The zero-order chi connectivity index (χ0) is 18.1. The third-order valence-electron chi connectivity index (χ3n) is 4.95. The van der Waals surface area contributed by atoms with Crippen LogP contribution in [0, 0.1) is 12.8 Å². The molecule has 0 spiro atoms. The van der Waals surface area contributed by atoms with E-state index in [0.717, 1.165) is 53.1 Å². The molecular weight excluding hydrogens is 368 g/mol. The van der Waals surface area contributed by atoms with Gasteiger partial charge in [0.15, 0.2) is 5.13 Å². The Hall–Kier alpha value is -1.92. The number of benzene rings is 1. The molecule has 1 aliphatic rings. The second-order valence-corrected chi connectivity index (χ2v) is 8.28. The molecule has 1 saturated carbocycles. The van der Waals surface area contributed by atoms with Crippen molar-refractivity contribution in [1.29, 1.82) is 0 Å². The van der Waals surface area contributed by atoms with Crippen LogP contribution >= 0.6 is 22.9 Å². The second kappa shape index (κ2) is 7.37. The van der Waals surface area contributed by atoms with Gasteiger partial charge in [-0.3, -0.25) is 9.69 Å². The van der Waals surface area contributed by atoms with Crippen molar-refractivity contribution >= 4 is 44.2 Å². The minimum absolute atomic E-state index is 0.153. The van der Waals surface area contributed by atoms with Gasteiger partial charge in [0.1, 0.15) is 0 Å². The first-order chi connectivity index (χ1) is 12.6. The smallest absolute Gasteiger partial charge is 0.231 e. The lowest BCUT2D eigenvalue weighted by Crippen LogP contribution is -2.39. The SMILES string of the molecule is Cc1cc(Cl)cc2sc(N(CCCn3ccnc3)C(=O)C3CCC3)nc12. The summed E-state index contributed by atoms with van der Waals surface area (Å²) in [6.07, 6.45) is 9.52. The molecule has 7 heteroatoms. The fourth-order valence-corrected chi connectivity index (χ4v) is 4.72. The fraction of sp³-hybridized carbons (Fsp3) is 0.421. The van der Waals surface area contributed by atoms with Crippen LogP contribution in [0.3, 0.4) is 0 Å². The average Bonchev–Trinajstić information content (AvgIpc) is 3.19. The standard InChI is InChI=1S/C19H21ClN4OS/c1-13-10-15(20)11-16-17(13)22-19(26-16)24(18(25)14-4-2-5-14)8-3-7-23-9-6-21-12-23/h6,9-12,14H,2-5,7-8H2,1H3. The predicted octanol–water partition coefficient (Wildman–Crippen LogP) is 4.68. The van der Waals surface area contributed by atoms with Crippen LogP contribution in [0.5, 0.6) is 0 Å². The number of thiazole rings is 1. The minimum atomic E-state index is 0.153. The van der Waals surface area contributed by atoms with Gasteiger partial charge in [-0.2, -0.15) is 0 Å². The molecule has 136 valence electrons. The number of carbonyl (C=O) groups excluding carboxylic acids is 1. The summed E-state index contributed by atoms with van der Waals surface area (Å²) < 4.78 is 3.07. The van der Waals surface area contributed by atoms with Crippen LogP contribution in [-0.2, 0) is 11.3 Å². The highest BCUT2D eigenvalue weighted by atomic mass is 35.5. The van der Waals surface area contributed by atoms with E-state index >= 15 is 0 Å². The molecule has 1 fully saturated rings. The molecule has 1 aromatic carbocycles. The number of amides is 1. The van der Waals surface area contributed by atoms with Gasteiger partial charge in [0.2, 0.25) is 5.91 Å². The Labute approximate surface area is 161 Å². The van der Waals surface area contributed by atoms with E-state index in [1.165, 1.54) is 0 Å². The molecule has 0 radical (unpaired) electrons. The Bertz CT molecular complexity index is 917. The zero-order valence-corrected chi connectivity index (χ0v) is 16.3. The zero-order valence-electron chi connectivity index (χ0n) is 14.7. The summed E-state index contributed by atoms with van der Waals surface area (Å²) in [6.45, 7) is 3.51. The van der Waals surface area contributed by atoms with Crippen molar-refractivity contribution in [1.82, 2.24) is 14.5 Å². The van der Waals surface area contributed by atoms with E-state index in [4.69, 9.17) is 16.6 Å². The van der Waals surface area contributed by atoms with Crippen LogP contribution < -0.4 is 4.90 Å². The molecule has 0 atom stereocenters. The number of halogens is 1. The van der Waals surface area contributed by atoms with E-state index in [0.29, 0.717) is 11.6 Å². The molecule has 26 heavy (non-hydrogen) atoms. The number of rotatable bonds is 6. The lowest BCUT2D eigenvalue weighted by molar-refractivity contribution is -0.124. The van der Waals surface area contributed by atoms with Gasteiger partial charge in [0.05, 0.1) is 16.5 Å². The van der Waals surface area contributed by atoms with Gasteiger partial charge in [0.25, 0.3) is 0 Å². The maximum Gasteiger partial charge on any atom is 0.231 e. The van der Waals surface area contributed by atoms with E-state index in [1.54, 1.807) is 23.9 Å². The lowest BCUT2D eigenvalue weighted by Gasteiger charge is -2.30. The van der Waals surface area contributed by atoms with E-state index in [2.05, 4.69) is 4.98 Å². The van der Waals surface area contributed by atoms with Crippen LogP contribution in [0.15, 0.2) is 30.9 Å². The lowest BCUT2D eigenvalue weighted by atomic mass is 9.84. The van der Waals surface area contributed by atoms with Crippen molar-refractivity contribution in [3.05, 3.63) is 41.4 Å². The Kier molecular flexibility index (Phi) is 4.96. The van der Waals surface area contributed by atoms with E-state index in [9.17, 15) is 4.79 Å². The summed E-state index contributed by atoms with van der Waals surface area (Å²) in [4.78, 5) is 23.7. The molecule has 4 rings (SSSR count). The summed E-state index contributed by atoms with van der Waals surface area (Å²) in [5.74, 6) is 0.365. The third kappa shape index (κ3) is 3.48. The predicted molar refractivity (Wildman–Crippen MR) is 106 cm³/mol. The molecule has 5 nitrogen and oxygen atoms in total. The Morgan fingerprint density at radius 2 is 2.27 bits per heavy atom. The van der Waals surface area contributed by atoms with Crippen LogP contribution in [0.25, 0.3) is 10.2 Å². The first-order valence-electron chi connectivity index (χ1n) is 8.95. The van der Waals surface area contributed by atoms with Gasteiger partial charge in [-0.15, -0.1) is 0 Å². The second-order valence-electron chi connectivity index (χ2n) is 6.84. The monoisotopic (exact) mass is 388 g/mol. The van der Waals surface area contributed by atoms with Gasteiger partial charge in [-0.1, -0.05) is 29.4 Å². The number of hydrogen-bond acceptors (Lipinski definition) is 4. The normalized spacial score (nSPS) is 14.5. The molecule has 0 unspecified atom stereocenters. The van der Waals surface area contributed by atoms with Gasteiger partial charge in [-0.25, -0.2) is 9.97 Å². The van der Waals surface area contributed by atoms with Crippen molar-refractivity contribution in [2.45, 2.75) is 39.2 Å².